The zero-order chi connectivity index (χ0) is 27.9. The van der Waals surface area contributed by atoms with Crippen LogP contribution in [-0.2, 0) is 19.8 Å². The molecule has 4 heterocycles. The van der Waals surface area contributed by atoms with Gasteiger partial charge in [0, 0.05) is 57.3 Å². The highest BCUT2D eigenvalue weighted by atomic mass is 35.5. The summed E-state index contributed by atoms with van der Waals surface area (Å²) in [7, 11) is -3.77. The van der Waals surface area contributed by atoms with Crippen LogP contribution in [0.5, 0.6) is 0 Å². The summed E-state index contributed by atoms with van der Waals surface area (Å²) in [6.07, 6.45) is 2.03. The number of nitrogens with one attached hydrogen (secondary N) is 2. The number of carbonyl (C=O) groups is 2. The first-order valence-electron chi connectivity index (χ1n) is 13.2. The van der Waals surface area contributed by atoms with E-state index >= 15 is 0 Å². The first-order chi connectivity index (χ1) is 18.6. The van der Waals surface area contributed by atoms with Gasteiger partial charge in [0.2, 0.25) is 11.8 Å². The van der Waals surface area contributed by atoms with E-state index in [2.05, 4.69) is 16.7 Å². The lowest BCUT2D eigenvalue weighted by Gasteiger charge is -2.41. The molecule has 0 bridgehead atoms. The number of benzene rings is 1. The Morgan fingerprint density at radius 3 is 2.46 bits per heavy atom. The molecule has 5 rings (SSSR count). The fraction of sp³-hybridized carbons (Fsp3) is 0.640. The van der Waals surface area contributed by atoms with Crippen molar-refractivity contribution >= 4 is 33.6 Å². The third-order valence-corrected chi connectivity index (χ3v) is 10.4. The minimum Gasteiger partial charge on any atom is -0.347 e. The second kappa shape index (κ2) is 11.2. The summed E-state index contributed by atoms with van der Waals surface area (Å²) in [6.45, 7) is 2.00. The number of hydrogen-bond acceptors (Lipinski definition) is 6. The lowest BCUT2D eigenvalue weighted by molar-refractivity contribution is -0.143. The minimum atomic E-state index is -3.77. The van der Waals surface area contributed by atoms with E-state index in [0.717, 1.165) is 12.1 Å². The first-order valence-corrected chi connectivity index (χ1v) is 15.0. The van der Waals surface area contributed by atoms with Crippen molar-refractivity contribution in [3.63, 3.8) is 0 Å². The number of likely N-dealkylation sites (tertiary alicyclic amines) is 1. The van der Waals surface area contributed by atoms with E-state index in [9.17, 15) is 26.8 Å². The van der Waals surface area contributed by atoms with Crippen LogP contribution in [0.1, 0.15) is 37.3 Å². The van der Waals surface area contributed by atoms with Gasteiger partial charge in [-0.3, -0.25) is 9.59 Å². The zero-order valence-corrected chi connectivity index (χ0v) is 22.9. The summed E-state index contributed by atoms with van der Waals surface area (Å²) in [6, 6.07) is 2.38. The summed E-state index contributed by atoms with van der Waals surface area (Å²) >= 11 is 5.72. The Labute approximate surface area is 231 Å². The molecule has 10 nitrogen and oxygen atoms in total. The molecule has 0 saturated carbocycles. The predicted molar refractivity (Wildman–Crippen MR) is 137 cm³/mol. The zero-order valence-electron chi connectivity index (χ0n) is 21.3. The van der Waals surface area contributed by atoms with Crippen LogP contribution in [0.2, 0.25) is 5.02 Å². The van der Waals surface area contributed by atoms with Gasteiger partial charge in [-0.1, -0.05) is 11.6 Å². The van der Waals surface area contributed by atoms with Crippen molar-refractivity contribution in [2.75, 3.05) is 45.8 Å². The number of hydrogen-bond donors (Lipinski definition) is 2. The topological polar surface area (TPSA) is 126 Å². The second-order valence-corrected chi connectivity index (χ2v) is 13.1. The third-order valence-electron chi connectivity index (χ3n) is 8.21. The molecule has 212 valence electrons. The van der Waals surface area contributed by atoms with E-state index in [-0.39, 0.29) is 48.0 Å². The number of piperidine rings is 1. The molecular weight excluding hydrogens is 554 g/mol. The average Bonchev–Trinajstić information content (AvgIpc) is 3.34. The van der Waals surface area contributed by atoms with Gasteiger partial charge >= 0.3 is 0 Å². The number of nitriles is 1. The van der Waals surface area contributed by atoms with Crippen LogP contribution in [0.25, 0.3) is 0 Å². The normalized spacial score (nSPS) is 25.9. The van der Waals surface area contributed by atoms with Gasteiger partial charge in [0.15, 0.2) is 0 Å². The molecule has 4 fully saturated rings. The number of carbonyl (C=O) groups excluding carboxylic acids is 2. The van der Waals surface area contributed by atoms with Gasteiger partial charge in [-0.25, -0.2) is 8.78 Å². The Balaban J connectivity index is 1.27. The van der Waals surface area contributed by atoms with Crippen LogP contribution in [-0.4, -0.2) is 85.6 Å². The molecular formula is C25H31ClF2N6O4S. The Hall–Kier alpha value is -2.37. The van der Waals surface area contributed by atoms with Crippen LogP contribution in [0, 0.1) is 40.7 Å². The molecule has 0 aromatic heterocycles. The van der Waals surface area contributed by atoms with Gasteiger partial charge in [0.05, 0.1) is 29.0 Å². The minimum absolute atomic E-state index is 0.00499. The lowest BCUT2D eigenvalue weighted by atomic mass is 9.87. The molecule has 2 N–H and O–H groups in total. The maximum Gasteiger partial charge on any atom is 0.282 e. The molecule has 0 unspecified atom stereocenters. The molecule has 3 atom stereocenters. The third kappa shape index (κ3) is 5.50. The van der Waals surface area contributed by atoms with Crippen LogP contribution in [0.15, 0.2) is 12.1 Å². The van der Waals surface area contributed by atoms with Gasteiger partial charge in [-0.15, -0.1) is 0 Å². The molecule has 2 amide bonds. The summed E-state index contributed by atoms with van der Waals surface area (Å²) in [4.78, 5) is 28.5. The summed E-state index contributed by atoms with van der Waals surface area (Å²) in [5.41, 5.74) is 0.00499. The SMILES string of the molecule is N#CC1CN(S(=O)(=O)N2CCC[C@H](C(=O)N3CCC[C@@H]3C(=O)N[C@H](c3cc(F)c(Cl)cc3F)C3CNC3)C2)C1. The van der Waals surface area contributed by atoms with Crippen LogP contribution >= 0.6 is 11.6 Å². The van der Waals surface area contributed by atoms with Gasteiger partial charge in [-0.2, -0.15) is 22.3 Å². The van der Waals surface area contributed by atoms with E-state index < -0.39 is 45.8 Å². The first kappa shape index (κ1) is 28.2. The summed E-state index contributed by atoms with van der Waals surface area (Å²) in [5, 5.41) is 14.6. The highest BCUT2D eigenvalue weighted by molar-refractivity contribution is 7.86. The van der Waals surface area contributed by atoms with Crippen molar-refractivity contribution in [2.45, 2.75) is 37.8 Å². The fourth-order valence-electron chi connectivity index (χ4n) is 5.78. The number of nitrogens with zero attached hydrogens (tertiary/aromatic N) is 4. The molecule has 4 aliphatic rings. The van der Waals surface area contributed by atoms with Gasteiger partial charge in [0.1, 0.15) is 17.7 Å². The number of rotatable bonds is 7. The number of halogens is 3. The standard InChI is InChI=1S/C25H31ClF2N6O4S/c26-19-8-20(27)18(7-21(19)28)23(17-10-30-11-17)31-24(35)22-4-2-6-34(22)25(36)16-3-1-5-32(14-16)39(37,38)33-12-15(9-29)13-33/h7-8,15-17,22-23,30H,1-6,10-14H2,(H,31,35)/t16-,22+,23-/m0/s1. The quantitative estimate of drug-likeness (QED) is 0.467. The summed E-state index contributed by atoms with van der Waals surface area (Å²) < 4.78 is 57.5. The fourth-order valence-corrected chi connectivity index (χ4v) is 7.73. The Kier molecular flexibility index (Phi) is 8.13. The van der Waals surface area contributed by atoms with Crippen LogP contribution in [0.4, 0.5) is 8.78 Å². The van der Waals surface area contributed by atoms with Crippen molar-refractivity contribution < 1.29 is 26.8 Å². The van der Waals surface area contributed by atoms with E-state index in [0.29, 0.717) is 51.9 Å². The predicted octanol–water partition coefficient (Wildman–Crippen LogP) is 1.40. The Morgan fingerprint density at radius 2 is 1.79 bits per heavy atom. The highest BCUT2D eigenvalue weighted by Crippen LogP contribution is 2.32. The van der Waals surface area contributed by atoms with Crippen LogP contribution < -0.4 is 10.6 Å². The largest absolute Gasteiger partial charge is 0.347 e. The summed E-state index contributed by atoms with van der Waals surface area (Å²) in [5.74, 6) is -3.30. The van der Waals surface area contributed by atoms with E-state index in [1.807, 2.05) is 0 Å². The highest BCUT2D eigenvalue weighted by Gasteiger charge is 2.44. The second-order valence-electron chi connectivity index (χ2n) is 10.7. The van der Waals surface area contributed by atoms with Crippen molar-refractivity contribution in [3.05, 3.63) is 34.4 Å². The Bertz CT molecular complexity index is 1280. The monoisotopic (exact) mass is 584 g/mol. The van der Waals surface area contributed by atoms with Crippen molar-refractivity contribution in [1.82, 2.24) is 24.1 Å². The van der Waals surface area contributed by atoms with Crippen molar-refractivity contribution in [1.29, 1.82) is 5.26 Å². The molecule has 0 radical (unpaired) electrons. The molecule has 4 aliphatic heterocycles. The van der Waals surface area contributed by atoms with Gasteiger partial charge < -0.3 is 15.5 Å². The van der Waals surface area contributed by atoms with E-state index in [4.69, 9.17) is 16.9 Å². The molecule has 0 aliphatic carbocycles. The molecule has 0 spiro atoms. The molecule has 39 heavy (non-hydrogen) atoms. The maximum atomic E-state index is 14.8. The maximum absolute atomic E-state index is 14.8. The smallest absolute Gasteiger partial charge is 0.282 e. The lowest BCUT2D eigenvalue weighted by Crippen LogP contribution is -2.58. The Morgan fingerprint density at radius 1 is 1.08 bits per heavy atom. The van der Waals surface area contributed by atoms with Crippen LogP contribution in [0.3, 0.4) is 0 Å². The van der Waals surface area contributed by atoms with Gasteiger partial charge in [-0.05, 0) is 37.8 Å². The molecule has 4 saturated heterocycles. The van der Waals surface area contributed by atoms with Crippen molar-refractivity contribution in [3.8, 4) is 6.07 Å². The molecule has 14 heteroatoms. The van der Waals surface area contributed by atoms with Gasteiger partial charge in [0.25, 0.3) is 10.2 Å². The number of amides is 2. The molecule has 1 aromatic carbocycles. The average molecular weight is 585 g/mol. The van der Waals surface area contributed by atoms with E-state index in [1.165, 1.54) is 13.5 Å². The van der Waals surface area contributed by atoms with Crippen molar-refractivity contribution in [2.24, 2.45) is 17.8 Å². The molecule has 1 aromatic rings. The van der Waals surface area contributed by atoms with E-state index in [1.54, 1.807) is 0 Å².